The average Bonchev–Trinajstić information content (AvgIpc) is 2.81. The zero-order valence-corrected chi connectivity index (χ0v) is 14.5. The Morgan fingerprint density at radius 2 is 2.10 bits per heavy atom. The Hall–Kier alpha value is -0.590. The van der Waals surface area contributed by atoms with Crippen molar-refractivity contribution in [2.45, 2.75) is 57.0 Å². The maximum atomic E-state index is 12.2. The maximum absolute atomic E-state index is 12.2. The molecule has 2 unspecified atom stereocenters. The van der Waals surface area contributed by atoms with Gasteiger partial charge in [0.1, 0.15) is 11.0 Å². The van der Waals surface area contributed by atoms with Gasteiger partial charge < -0.3 is 4.74 Å². The standard InChI is InChI=1S/C14H19ClO4S2/c1-3-10-6-4-5-7-11(10)19-14(16)12-8-13(9(2)20-12)21(15,17)18/h8,10-11H,3-7H2,1-2H3. The summed E-state index contributed by atoms with van der Waals surface area (Å²) in [6.45, 7) is 3.73. The van der Waals surface area contributed by atoms with Gasteiger partial charge in [-0.25, -0.2) is 13.2 Å². The fraction of sp³-hybridized carbons (Fsp3) is 0.643. The molecule has 2 atom stereocenters. The second kappa shape index (κ2) is 6.67. The van der Waals surface area contributed by atoms with Crippen LogP contribution in [0.2, 0.25) is 0 Å². The van der Waals surface area contributed by atoms with Gasteiger partial charge in [0.25, 0.3) is 9.05 Å². The van der Waals surface area contributed by atoms with E-state index < -0.39 is 15.0 Å². The molecule has 1 aliphatic carbocycles. The van der Waals surface area contributed by atoms with Gasteiger partial charge in [-0.3, -0.25) is 0 Å². The van der Waals surface area contributed by atoms with E-state index in [1.54, 1.807) is 6.92 Å². The lowest BCUT2D eigenvalue weighted by Crippen LogP contribution is -2.29. The first-order valence-corrected chi connectivity index (χ1v) is 10.2. The molecule has 0 aliphatic heterocycles. The molecule has 4 nitrogen and oxygen atoms in total. The molecule has 0 aromatic carbocycles. The monoisotopic (exact) mass is 350 g/mol. The average molecular weight is 351 g/mol. The minimum Gasteiger partial charge on any atom is -0.458 e. The molecule has 1 aromatic rings. The Kier molecular flexibility index (Phi) is 5.33. The maximum Gasteiger partial charge on any atom is 0.348 e. The lowest BCUT2D eigenvalue weighted by Gasteiger charge is -2.30. The van der Waals surface area contributed by atoms with Crippen molar-refractivity contribution >= 4 is 37.0 Å². The third-order valence-electron chi connectivity index (χ3n) is 3.96. The van der Waals surface area contributed by atoms with Crippen LogP contribution in [0.3, 0.4) is 0 Å². The number of thiophene rings is 1. The summed E-state index contributed by atoms with van der Waals surface area (Å²) in [5.74, 6) is -0.0417. The van der Waals surface area contributed by atoms with Crippen LogP contribution < -0.4 is 0 Å². The first-order chi connectivity index (χ1) is 9.82. The Bertz CT molecular complexity index is 621. The lowest BCUT2D eigenvalue weighted by atomic mass is 9.85. The summed E-state index contributed by atoms with van der Waals surface area (Å²) in [7, 11) is 1.53. The van der Waals surface area contributed by atoms with Gasteiger partial charge in [0.05, 0.1) is 4.90 Å². The van der Waals surface area contributed by atoms with Crippen molar-refractivity contribution in [1.29, 1.82) is 0 Å². The van der Waals surface area contributed by atoms with Gasteiger partial charge in [0.2, 0.25) is 0 Å². The quantitative estimate of drug-likeness (QED) is 0.605. The summed E-state index contributed by atoms with van der Waals surface area (Å²) in [6, 6.07) is 1.31. The summed E-state index contributed by atoms with van der Waals surface area (Å²) in [6.07, 6.45) is 5.14. The zero-order chi connectivity index (χ0) is 15.6. The normalized spacial score (nSPS) is 23.0. The Morgan fingerprint density at radius 1 is 1.43 bits per heavy atom. The molecular weight excluding hydrogens is 332 g/mol. The van der Waals surface area contributed by atoms with Gasteiger partial charge >= 0.3 is 5.97 Å². The number of esters is 1. The van der Waals surface area contributed by atoms with E-state index in [0.717, 1.165) is 37.0 Å². The molecule has 0 N–H and O–H groups in total. The van der Waals surface area contributed by atoms with Crippen molar-refractivity contribution in [2.24, 2.45) is 5.92 Å². The molecule has 0 radical (unpaired) electrons. The fourth-order valence-electron chi connectivity index (χ4n) is 2.80. The molecule has 2 rings (SSSR count). The number of carbonyl (C=O) groups is 1. The summed E-state index contributed by atoms with van der Waals surface area (Å²) in [4.78, 5) is 13.0. The van der Waals surface area contributed by atoms with Crippen LogP contribution in [0.4, 0.5) is 0 Å². The molecule has 0 bridgehead atoms. The molecule has 21 heavy (non-hydrogen) atoms. The van der Waals surface area contributed by atoms with Crippen molar-refractivity contribution in [3.05, 3.63) is 15.8 Å². The van der Waals surface area contributed by atoms with E-state index in [-0.39, 0.29) is 11.0 Å². The number of hydrogen-bond acceptors (Lipinski definition) is 5. The molecule has 1 fully saturated rings. The number of aryl methyl sites for hydroxylation is 1. The van der Waals surface area contributed by atoms with E-state index in [9.17, 15) is 13.2 Å². The predicted octanol–water partition coefficient (Wildman–Crippen LogP) is 4.11. The zero-order valence-electron chi connectivity index (χ0n) is 12.1. The summed E-state index contributed by atoms with van der Waals surface area (Å²) >= 11 is 1.11. The van der Waals surface area contributed by atoms with Crippen LogP contribution >= 0.6 is 22.0 Å². The number of ether oxygens (including phenoxy) is 1. The second-order valence-electron chi connectivity index (χ2n) is 5.37. The van der Waals surface area contributed by atoms with Crippen LogP contribution in [0.1, 0.15) is 53.6 Å². The third-order valence-corrected chi connectivity index (χ3v) is 6.57. The molecule has 118 valence electrons. The Morgan fingerprint density at radius 3 is 2.67 bits per heavy atom. The number of hydrogen-bond donors (Lipinski definition) is 0. The lowest BCUT2D eigenvalue weighted by molar-refractivity contribution is 0.00120. The molecule has 0 amide bonds. The van der Waals surface area contributed by atoms with E-state index >= 15 is 0 Å². The molecule has 0 saturated heterocycles. The third kappa shape index (κ3) is 3.99. The van der Waals surface area contributed by atoms with Crippen molar-refractivity contribution < 1.29 is 17.9 Å². The smallest absolute Gasteiger partial charge is 0.348 e. The summed E-state index contributed by atoms with van der Waals surface area (Å²) in [5, 5.41) is 0. The van der Waals surface area contributed by atoms with Gasteiger partial charge in [-0.05, 0) is 44.6 Å². The van der Waals surface area contributed by atoms with Crippen LogP contribution in [-0.4, -0.2) is 20.5 Å². The molecule has 1 aliphatic rings. The van der Waals surface area contributed by atoms with Crippen LogP contribution in [0.15, 0.2) is 11.0 Å². The van der Waals surface area contributed by atoms with Crippen LogP contribution in [-0.2, 0) is 13.8 Å². The highest BCUT2D eigenvalue weighted by atomic mass is 35.7. The molecule has 1 heterocycles. The van der Waals surface area contributed by atoms with E-state index in [1.165, 1.54) is 12.5 Å². The molecule has 7 heteroatoms. The van der Waals surface area contributed by atoms with E-state index in [0.29, 0.717) is 15.7 Å². The van der Waals surface area contributed by atoms with Gasteiger partial charge in [0, 0.05) is 15.6 Å². The SMILES string of the molecule is CCC1CCCCC1OC(=O)c1cc(S(=O)(=O)Cl)c(C)s1. The Balaban J connectivity index is 2.13. The number of halogens is 1. The van der Waals surface area contributed by atoms with Gasteiger partial charge in [-0.1, -0.05) is 13.3 Å². The van der Waals surface area contributed by atoms with Gasteiger partial charge in [0.15, 0.2) is 0 Å². The molecule has 1 aromatic heterocycles. The van der Waals surface area contributed by atoms with E-state index in [4.69, 9.17) is 15.4 Å². The van der Waals surface area contributed by atoms with Crippen LogP contribution in [0.25, 0.3) is 0 Å². The van der Waals surface area contributed by atoms with E-state index in [2.05, 4.69) is 6.92 Å². The minimum absolute atomic E-state index is 0.00296. The molecule has 1 saturated carbocycles. The van der Waals surface area contributed by atoms with Crippen molar-refractivity contribution in [1.82, 2.24) is 0 Å². The Labute approximate surface area is 133 Å². The molecular formula is C14H19ClO4S2. The highest BCUT2D eigenvalue weighted by Gasteiger charge is 2.29. The minimum atomic E-state index is -3.82. The first kappa shape index (κ1) is 16.8. The fourth-order valence-corrected chi connectivity index (χ4v) is 5.35. The van der Waals surface area contributed by atoms with E-state index in [1.807, 2.05) is 0 Å². The van der Waals surface area contributed by atoms with Gasteiger partial charge in [-0.2, -0.15) is 0 Å². The number of rotatable bonds is 4. The summed E-state index contributed by atoms with van der Waals surface area (Å²) < 4.78 is 28.4. The largest absolute Gasteiger partial charge is 0.458 e. The summed E-state index contributed by atoms with van der Waals surface area (Å²) in [5.41, 5.74) is 0. The predicted molar refractivity (Wildman–Crippen MR) is 83.5 cm³/mol. The van der Waals surface area contributed by atoms with Crippen LogP contribution in [0, 0.1) is 12.8 Å². The highest BCUT2D eigenvalue weighted by Crippen LogP contribution is 2.32. The van der Waals surface area contributed by atoms with Crippen molar-refractivity contribution in [2.75, 3.05) is 0 Å². The highest BCUT2D eigenvalue weighted by molar-refractivity contribution is 8.13. The first-order valence-electron chi connectivity index (χ1n) is 7.09. The van der Waals surface area contributed by atoms with Crippen LogP contribution in [0.5, 0.6) is 0 Å². The molecule has 0 spiro atoms. The van der Waals surface area contributed by atoms with Gasteiger partial charge in [-0.15, -0.1) is 11.3 Å². The second-order valence-corrected chi connectivity index (χ2v) is 9.16. The number of carbonyl (C=O) groups excluding carboxylic acids is 1. The van der Waals surface area contributed by atoms with Crippen molar-refractivity contribution in [3.63, 3.8) is 0 Å². The topological polar surface area (TPSA) is 60.4 Å². The van der Waals surface area contributed by atoms with Crippen molar-refractivity contribution in [3.8, 4) is 0 Å².